The molecule has 3 nitrogen and oxygen atoms in total. The lowest BCUT2D eigenvalue weighted by Crippen LogP contribution is -2.24. The van der Waals surface area contributed by atoms with Crippen LogP contribution in [0.15, 0.2) is 36.7 Å². The summed E-state index contributed by atoms with van der Waals surface area (Å²) in [7, 11) is 2.07. The van der Waals surface area contributed by atoms with Gasteiger partial charge in [-0.15, -0.1) is 0 Å². The van der Waals surface area contributed by atoms with Gasteiger partial charge in [-0.2, -0.15) is 0 Å². The number of imidazole rings is 1. The van der Waals surface area contributed by atoms with Crippen molar-refractivity contribution in [2.45, 2.75) is 33.1 Å². The van der Waals surface area contributed by atoms with Crippen LogP contribution >= 0.6 is 0 Å². The Morgan fingerprint density at radius 2 is 2.00 bits per heavy atom. The summed E-state index contributed by atoms with van der Waals surface area (Å²) in [6.45, 7) is 6.42. The smallest absolute Gasteiger partial charge is 0.108 e. The summed E-state index contributed by atoms with van der Waals surface area (Å²) in [5.41, 5.74) is 2.76. The molecule has 0 bridgehead atoms. The predicted molar refractivity (Wildman–Crippen MR) is 88.4 cm³/mol. The zero-order valence-corrected chi connectivity index (χ0v) is 13.5. The number of rotatable bonds is 8. The fourth-order valence-electron chi connectivity index (χ4n) is 2.65. The van der Waals surface area contributed by atoms with Crippen molar-refractivity contribution in [1.82, 2.24) is 14.9 Å². The Bertz CT molecular complexity index is 528. The first kappa shape index (κ1) is 15.8. The highest BCUT2D eigenvalue weighted by Crippen LogP contribution is 2.15. The van der Waals surface area contributed by atoms with Crippen molar-refractivity contribution in [1.29, 1.82) is 0 Å². The lowest BCUT2D eigenvalue weighted by molar-refractivity contribution is 0.443. The van der Waals surface area contributed by atoms with Gasteiger partial charge in [0, 0.05) is 25.9 Å². The Morgan fingerprint density at radius 3 is 2.62 bits per heavy atom. The van der Waals surface area contributed by atoms with Gasteiger partial charge in [0.25, 0.3) is 0 Å². The maximum Gasteiger partial charge on any atom is 0.108 e. The van der Waals surface area contributed by atoms with Gasteiger partial charge in [0.15, 0.2) is 0 Å². The van der Waals surface area contributed by atoms with Crippen LogP contribution in [0.5, 0.6) is 0 Å². The Kier molecular flexibility index (Phi) is 6.00. The highest BCUT2D eigenvalue weighted by Gasteiger charge is 2.11. The van der Waals surface area contributed by atoms with Gasteiger partial charge in [-0.05, 0) is 44.3 Å². The standard InChI is InChI=1S/C18H27N3/c1-4-19-14-17(9-10-18-20-11-12-21(18)3)13-16-7-5-15(2)6-8-16/h5-8,11-12,17,19H,4,9-10,13-14H2,1-3H3. The molecule has 114 valence electrons. The Labute approximate surface area is 128 Å². The number of benzene rings is 1. The molecule has 0 radical (unpaired) electrons. The monoisotopic (exact) mass is 285 g/mol. The lowest BCUT2D eigenvalue weighted by atomic mass is 9.94. The fourth-order valence-corrected chi connectivity index (χ4v) is 2.65. The zero-order chi connectivity index (χ0) is 15.1. The summed E-state index contributed by atoms with van der Waals surface area (Å²) >= 11 is 0. The number of aryl methyl sites for hydroxylation is 3. The van der Waals surface area contributed by atoms with E-state index in [2.05, 4.69) is 60.0 Å². The van der Waals surface area contributed by atoms with Crippen molar-refractivity contribution in [3.8, 4) is 0 Å². The molecular weight excluding hydrogens is 258 g/mol. The highest BCUT2D eigenvalue weighted by atomic mass is 15.0. The molecule has 3 heteroatoms. The Morgan fingerprint density at radius 1 is 1.24 bits per heavy atom. The van der Waals surface area contributed by atoms with E-state index in [9.17, 15) is 0 Å². The average molecular weight is 285 g/mol. The van der Waals surface area contributed by atoms with Crippen molar-refractivity contribution in [3.63, 3.8) is 0 Å². The molecule has 0 fully saturated rings. The number of hydrogen-bond acceptors (Lipinski definition) is 2. The van der Waals surface area contributed by atoms with Crippen LogP contribution < -0.4 is 5.32 Å². The lowest BCUT2D eigenvalue weighted by Gasteiger charge is -2.17. The van der Waals surface area contributed by atoms with Crippen LogP contribution in [0.4, 0.5) is 0 Å². The molecule has 0 aliphatic carbocycles. The van der Waals surface area contributed by atoms with Gasteiger partial charge in [0.05, 0.1) is 0 Å². The van der Waals surface area contributed by atoms with E-state index in [4.69, 9.17) is 0 Å². The number of aromatic nitrogens is 2. The molecule has 0 amide bonds. The maximum absolute atomic E-state index is 4.43. The third-order valence-electron chi connectivity index (χ3n) is 4.03. The highest BCUT2D eigenvalue weighted by molar-refractivity contribution is 5.21. The third kappa shape index (κ3) is 5.01. The average Bonchev–Trinajstić information content (AvgIpc) is 2.89. The van der Waals surface area contributed by atoms with Crippen molar-refractivity contribution in [2.75, 3.05) is 13.1 Å². The van der Waals surface area contributed by atoms with Crippen LogP contribution in [0, 0.1) is 12.8 Å². The Balaban J connectivity index is 1.93. The van der Waals surface area contributed by atoms with Crippen molar-refractivity contribution >= 4 is 0 Å². The predicted octanol–water partition coefficient (Wildman–Crippen LogP) is 3.13. The topological polar surface area (TPSA) is 29.9 Å². The first-order valence-corrected chi connectivity index (χ1v) is 7.91. The summed E-state index contributed by atoms with van der Waals surface area (Å²) in [5.74, 6) is 1.84. The molecule has 1 aromatic carbocycles. The van der Waals surface area contributed by atoms with Crippen LogP contribution in [0.2, 0.25) is 0 Å². The molecular formula is C18H27N3. The van der Waals surface area contributed by atoms with Gasteiger partial charge in [-0.25, -0.2) is 4.98 Å². The SMILES string of the molecule is CCNCC(CCc1nccn1C)Cc1ccc(C)cc1. The van der Waals surface area contributed by atoms with Crippen LogP contribution in [0.25, 0.3) is 0 Å². The number of nitrogens with zero attached hydrogens (tertiary/aromatic N) is 2. The van der Waals surface area contributed by atoms with E-state index >= 15 is 0 Å². The first-order valence-electron chi connectivity index (χ1n) is 7.91. The van der Waals surface area contributed by atoms with E-state index < -0.39 is 0 Å². The van der Waals surface area contributed by atoms with E-state index in [0.717, 1.165) is 25.9 Å². The summed E-state index contributed by atoms with van der Waals surface area (Å²) in [6, 6.07) is 8.93. The zero-order valence-electron chi connectivity index (χ0n) is 13.5. The Hall–Kier alpha value is -1.61. The van der Waals surface area contributed by atoms with Crippen LogP contribution in [-0.2, 0) is 19.9 Å². The summed E-state index contributed by atoms with van der Waals surface area (Å²) in [6.07, 6.45) is 7.26. The van der Waals surface area contributed by atoms with Gasteiger partial charge in [-0.3, -0.25) is 0 Å². The quantitative estimate of drug-likeness (QED) is 0.807. The molecule has 1 aromatic heterocycles. The minimum Gasteiger partial charge on any atom is -0.338 e. The molecule has 0 saturated heterocycles. The largest absolute Gasteiger partial charge is 0.338 e. The van der Waals surface area contributed by atoms with Gasteiger partial charge >= 0.3 is 0 Å². The fraction of sp³-hybridized carbons (Fsp3) is 0.500. The second-order valence-electron chi connectivity index (χ2n) is 5.86. The van der Waals surface area contributed by atoms with Crippen LogP contribution in [-0.4, -0.2) is 22.6 Å². The molecule has 1 unspecified atom stereocenters. The molecule has 0 aliphatic heterocycles. The third-order valence-corrected chi connectivity index (χ3v) is 4.03. The van der Waals surface area contributed by atoms with Gasteiger partial charge in [-0.1, -0.05) is 36.8 Å². The van der Waals surface area contributed by atoms with Crippen LogP contribution in [0.3, 0.4) is 0 Å². The normalized spacial score (nSPS) is 12.5. The molecule has 21 heavy (non-hydrogen) atoms. The molecule has 2 aromatic rings. The second-order valence-corrected chi connectivity index (χ2v) is 5.86. The second kappa shape index (κ2) is 7.99. The van der Waals surface area contributed by atoms with Gasteiger partial charge in [0.2, 0.25) is 0 Å². The van der Waals surface area contributed by atoms with Crippen LogP contribution in [0.1, 0.15) is 30.3 Å². The number of hydrogen-bond donors (Lipinski definition) is 1. The van der Waals surface area contributed by atoms with E-state index in [-0.39, 0.29) is 0 Å². The molecule has 2 rings (SSSR count). The number of nitrogens with one attached hydrogen (secondary N) is 1. The molecule has 1 atom stereocenters. The summed E-state index contributed by atoms with van der Waals surface area (Å²) in [5, 5.41) is 3.50. The minimum absolute atomic E-state index is 0.657. The van der Waals surface area contributed by atoms with E-state index in [1.165, 1.54) is 23.4 Å². The molecule has 0 saturated carbocycles. The van der Waals surface area contributed by atoms with Crippen molar-refractivity contribution in [3.05, 3.63) is 53.6 Å². The molecule has 1 heterocycles. The minimum atomic E-state index is 0.657. The van der Waals surface area contributed by atoms with Gasteiger partial charge in [0.1, 0.15) is 5.82 Å². The summed E-state index contributed by atoms with van der Waals surface area (Å²) in [4.78, 5) is 4.43. The molecule has 0 spiro atoms. The van der Waals surface area contributed by atoms with E-state index in [1.54, 1.807) is 0 Å². The first-order chi connectivity index (χ1) is 10.2. The van der Waals surface area contributed by atoms with E-state index in [1.807, 2.05) is 12.4 Å². The van der Waals surface area contributed by atoms with E-state index in [0.29, 0.717) is 5.92 Å². The molecule has 0 aliphatic rings. The summed E-state index contributed by atoms with van der Waals surface area (Å²) < 4.78 is 2.12. The van der Waals surface area contributed by atoms with Crippen molar-refractivity contribution in [2.24, 2.45) is 13.0 Å². The van der Waals surface area contributed by atoms with Crippen molar-refractivity contribution < 1.29 is 0 Å². The van der Waals surface area contributed by atoms with Gasteiger partial charge < -0.3 is 9.88 Å². The molecule has 1 N–H and O–H groups in total. The maximum atomic E-state index is 4.43.